The van der Waals surface area contributed by atoms with Gasteiger partial charge in [-0.3, -0.25) is 4.79 Å². The van der Waals surface area contributed by atoms with E-state index < -0.39 is 0 Å². The van der Waals surface area contributed by atoms with Gasteiger partial charge in [0.2, 0.25) is 0 Å². The Morgan fingerprint density at radius 1 is 1.05 bits per heavy atom. The molecule has 3 heteroatoms. The Bertz CT molecular complexity index is 594. The molecule has 0 saturated carbocycles. The Labute approximate surface area is 132 Å². The third-order valence-electron chi connectivity index (χ3n) is 3.79. The summed E-state index contributed by atoms with van der Waals surface area (Å²) in [6, 6.07) is 18.4. The van der Waals surface area contributed by atoms with Crippen molar-refractivity contribution in [2.75, 3.05) is 6.54 Å². The van der Waals surface area contributed by atoms with E-state index in [4.69, 9.17) is 0 Å². The number of likely N-dealkylation sites (tertiary alicyclic amines) is 1. The van der Waals surface area contributed by atoms with E-state index in [0.29, 0.717) is 0 Å². The number of hydrogen-bond acceptors (Lipinski definition) is 1. The molecule has 0 aliphatic carbocycles. The number of halogens is 1. The predicted molar refractivity (Wildman–Crippen MR) is 88.6 cm³/mol. The molecule has 3 rings (SSSR count). The highest BCUT2D eigenvalue weighted by Gasteiger charge is 2.30. The molecule has 0 N–H and O–H groups in total. The number of rotatable bonds is 2. The summed E-state index contributed by atoms with van der Waals surface area (Å²) in [5.41, 5.74) is 2.03. The fourth-order valence-corrected chi connectivity index (χ4v) is 3.15. The number of amides is 1. The average Bonchev–Trinajstić information content (AvgIpc) is 2.97. The van der Waals surface area contributed by atoms with Gasteiger partial charge in [0.05, 0.1) is 6.04 Å². The number of nitrogens with zero attached hydrogens (tertiary/aromatic N) is 1. The maximum atomic E-state index is 12.7. The molecule has 2 aromatic carbocycles. The summed E-state index contributed by atoms with van der Waals surface area (Å²) in [4.78, 5) is 14.7. The summed E-state index contributed by atoms with van der Waals surface area (Å²) in [6.07, 6.45) is 2.13. The van der Waals surface area contributed by atoms with E-state index in [-0.39, 0.29) is 11.9 Å². The minimum absolute atomic E-state index is 0.146. The van der Waals surface area contributed by atoms with Crippen molar-refractivity contribution in [2.45, 2.75) is 18.9 Å². The van der Waals surface area contributed by atoms with Crippen molar-refractivity contribution in [1.82, 2.24) is 4.90 Å². The van der Waals surface area contributed by atoms with E-state index in [1.807, 2.05) is 47.4 Å². The largest absolute Gasteiger partial charge is 0.332 e. The minimum Gasteiger partial charge on any atom is -0.332 e. The van der Waals surface area contributed by atoms with Crippen molar-refractivity contribution in [1.29, 1.82) is 0 Å². The average molecular weight is 377 g/mol. The minimum atomic E-state index is 0.146. The van der Waals surface area contributed by atoms with Gasteiger partial charge in [-0.25, -0.2) is 0 Å². The van der Waals surface area contributed by atoms with Crippen molar-refractivity contribution < 1.29 is 4.79 Å². The van der Waals surface area contributed by atoms with Gasteiger partial charge in [-0.05, 0) is 65.3 Å². The summed E-state index contributed by atoms with van der Waals surface area (Å²) in [5, 5.41) is 0. The van der Waals surface area contributed by atoms with Gasteiger partial charge in [0.15, 0.2) is 0 Å². The quantitative estimate of drug-likeness (QED) is 0.716. The molecule has 20 heavy (non-hydrogen) atoms. The smallest absolute Gasteiger partial charge is 0.254 e. The molecule has 1 amide bonds. The van der Waals surface area contributed by atoms with Crippen LogP contribution < -0.4 is 0 Å². The molecule has 0 spiro atoms. The lowest BCUT2D eigenvalue weighted by Crippen LogP contribution is -2.30. The Balaban J connectivity index is 1.85. The van der Waals surface area contributed by atoms with Gasteiger partial charge in [0.1, 0.15) is 0 Å². The summed E-state index contributed by atoms with van der Waals surface area (Å²) in [7, 11) is 0. The SMILES string of the molecule is O=C(c1ccc(I)cc1)N1CCC[C@@H]1c1ccccc1. The van der Waals surface area contributed by atoms with E-state index in [2.05, 4.69) is 34.7 Å². The zero-order valence-electron chi connectivity index (χ0n) is 11.1. The zero-order chi connectivity index (χ0) is 13.9. The second kappa shape index (κ2) is 5.95. The van der Waals surface area contributed by atoms with Gasteiger partial charge in [0, 0.05) is 15.7 Å². The summed E-state index contributed by atoms with van der Waals surface area (Å²) >= 11 is 2.26. The fraction of sp³-hybridized carbons (Fsp3) is 0.235. The highest BCUT2D eigenvalue weighted by molar-refractivity contribution is 14.1. The molecule has 1 fully saturated rings. The van der Waals surface area contributed by atoms with Crippen LogP contribution in [0.25, 0.3) is 0 Å². The van der Waals surface area contributed by atoms with E-state index in [0.717, 1.165) is 28.5 Å². The van der Waals surface area contributed by atoms with Crippen molar-refractivity contribution in [3.63, 3.8) is 0 Å². The van der Waals surface area contributed by atoms with Crippen LogP contribution in [0.15, 0.2) is 54.6 Å². The van der Waals surface area contributed by atoms with E-state index >= 15 is 0 Å². The molecule has 102 valence electrons. The van der Waals surface area contributed by atoms with Crippen LogP contribution >= 0.6 is 22.6 Å². The second-order valence-electron chi connectivity index (χ2n) is 5.07. The third kappa shape index (κ3) is 2.73. The van der Waals surface area contributed by atoms with Crippen LogP contribution in [0.5, 0.6) is 0 Å². The first-order valence-corrected chi connectivity index (χ1v) is 7.95. The molecular formula is C17H16INO. The van der Waals surface area contributed by atoms with Crippen LogP contribution in [-0.2, 0) is 0 Å². The van der Waals surface area contributed by atoms with Crippen molar-refractivity contribution in [3.8, 4) is 0 Å². The fourth-order valence-electron chi connectivity index (χ4n) is 2.79. The standard InChI is InChI=1S/C17H16INO/c18-15-10-8-14(9-11-15)17(20)19-12-4-7-16(19)13-5-2-1-3-6-13/h1-3,5-6,8-11,16H,4,7,12H2/t16-/m1/s1. The topological polar surface area (TPSA) is 20.3 Å². The normalized spacial score (nSPS) is 18.2. The molecule has 0 unspecified atom stereocenters. The van der Waals surface area contributed by atoms with Crippen LogP contribution in [-0.4, -0.2) is 17.4 Å². The van der Waals surface area contributed by atoms with E-state index in [1.165, 1.54) is 5.56 Å². The first-order valence-electron chi connectivity index (χ1n) is 6.87. The Kier molecular flexibility index (Phi) is 4.05. The molecule has 1 heterocycles. The lowest BCUT2D eigenvalue weighted by Gasteiger charge is -2.25. The maximum Gasteiger partial charge on any atom is 0.254 e. The molecular weight excluding hydrogens is 361 g/mol. The zero-order valence-corrected chi connectivity index (χ0v) is 13.3. The second-order valence-corrected chi connectivity index (χ2v) is 6.32. The molecule has 0 radical (unpaired) electrons. The molecule has 1 atom stereocenters. The number of hydrogen-bond donors (Lipinski definition) is 0. The Morgan fingerprint density at radius 3 is 2.45 bits per heavy atom. The highest BCUT2D eigenvalue weighted by atomic mass is 127. The van der Waals surface area contributed by atoms with Crippen LogP contribution in [0.1, 0.15) is 34.8 Å². The molecule has 1 saturated heterocycles. The van der Waals surface area contributed by atoms with Gasteiger partial charge in [-0.2, -0.15) is 0 Å². The summed E-state index contributed by atoms with van der Waals surface area (Å²) in [5.74, 6) is 0.146. The van der Waals surface area contributed by atoms with Crippen molar-refractivity contribution in [2.24, 2.45) is 0 Å². The van der Waals surface area contributed by atoms with Gasteiger partial charge >= 0.3 is 0 Å². The van der Waals surface area contributed by atoms with Gasteiger partial charge in [0.25, 0.3) is 5.91 Å². The first-order chi connectivity index (χ1) is 9.75. The number of carbonyl (C=O) groups excluding carboxylic acids is 1. The lowest BCUT2D eigenvalue weighted by atomic mass is 10.0. The molecule has 2 nitrogen and oxygen atoms in total. The van der Waals surface area contributed by atoms with E-state index in [9.17, 15) is 4.79 Å². The first kappa shape index (κ1) is 13.6. The monoisotopic (exact) mass is 377 g/mol. The van der Waals surface area contributed by atoms with Crippen molar-refractivity contribution in [3.05, 3.63) is 69.3 Å². The Morgan fingerprint density at radius 2 is 1.75 bits per heavy atom. The van der Waals surface area contributed by atoms with Crippen LogP contribution in [0.2, 0.25) is 0 Å². The summed E-state index contributed by atoms with van der Waals surface area (Å²) in [6.45, 7) is 0.852. The van der Waals surface area contributed by atoms with Gasteiger partial charge < -0.3 is 4.90 Å². The highest BCUT2D eigenvalue weighted by Crippen LogP contribution is 2.32. The maximum absolute atomic E-state index is 12.7. The van der Waals surface area contributed by atoms with Crippen LogP contribution in [0, 0.1) is 3.57 Å². The van der Waals surface area contributed by atoms with Gasteiger partial charge in [-0.15, -0.1) is 0 Å². The third-order valence-corrected chi connectivity index (χ3v) is 4.51. The Hall–Kier alpha value is -1.36. The molecule has 0 bridgehead atoms. The van der Waals surface area contributed by atoms with Crippen LogP contribution in [0.3, 0.4) is 0 Å². The molecule has 1 aliphatic rings. The predicted octanol–water partition coefficient (Wildman–Crippen LogP) is 4.27. The number of benzene rings is 2. The number of carbonyl (C=O) groups is 1. The van der Waals surface area contributed by atoms with Crippen molar-refractivity contribution >= 4 is 28.5 Å². The van der Waals surface area contributed by atoms with Gasteiger partial charge in [-0.1, -0.05) is 30.3 Å². The lowest BCUT2D eigenvalue weighted by molar-refractivity contribution is 0.0735. The molecule has 0 aromatic heterocycles. The van der Waals surface area contributed by atoms with Crippen LogP contribution in [0.4, 0.5) is 0 Å². The summed E-state index contributed by atoms with van der Waals surface area (Å²) < 4.78 is 1.15. The van der Waals surface area contributed by atoms with E-state index in [1.54, 1.807) is 0 Å². The molecule has 2 aromatic rings. The molecule has 1 aliphatic heterocycles.